The number of hydrogen-bond acceptors (Lipinski definition) is 2. The summed E-state index contributed by atoms with van der Waals surface area (Å²) in [6.45, 7) is 3.89. The quantitative estimate of drug-likeness (QED) is 0.581. The van der Waals surface area contributed by atoms with Gasteiger partial charge in [0.1, 0.15) is 0 Å². The van der Waals surface area contributed by atoms with Crippen LogP contribution in [-0.4, -0.2) is 10.7 Å². The normalized spacial score (nSPS) is 16.7. The Morgan fingerprint density at radius 3 is 2.54 bits per heavy atom. The molecular weight excluding hydrogens is 339 g/mol. The molecule has 2 aromatic rings. The molecule has 0 saturated carbocycles. The Morgan fingerprint density at radius 2 is 1.88 bits per heavy atom. The van der Waals surface area contributed by atoms with E-state index in [9.17, 15) is 0 Å². The van der Waals surface area contributed by atoms with E-state index in [1.54, 1.807) is 6.20 Å². The Hall–Kier alpha value is -1.90. The van der Waals surface area contributed by atoms with Crippen molar-refractivity contribution in [3.8, 4) is 0 Å². The Labute approximate surface area is 152 Å². The summed E-state index contributed by atoms with van der Waals surface area (Å²) in [5.74, 6) is 0.243. The van der Waals surface area contributed by atoms with Crippen molar-refractivity contribution in [3.05, 3.63) is 82.8 Å². The molecule has 0 amide bonds. The first kappa shape index (κ1) is 16.9. The van der Waals surface area contributed by atoms with Gasteiger partial charge in [0.15, 0.2) is 0 Å². The van der Waals surface area contributed by atoms with Crippen LogP contribution in [0.5, 0.6) is 0 Å². The Morgan fingerprint density at radius 1 is 1.08 bits per heavy atom. The third-order valence-corrected chi connectivity index (χ3v) is 4.95. The van der Waals surface area contributed by atoms with Crippen LogP contribution in [0.15, 0.2) is 66.6 Å². The van der Waals surface area contributed by atoms with Crippen LogP contribution < -0.4 is 0 Å². The van der Waals surface area contributed by atoms with E-state index in [4.69, 9.17) is 23.2 Å². The number of hydrogen-bond donors (Lipinski definition) is 0. The maximum absolute atomic E-state index is 6.28. The zero-order valence-electron chi connectivity index (χ0n) is 13.3. The van der Waals surface area contributed by atoms with Crippen LogP contribution in [0.4, 0.5) is 0 Å². The molecule has 0 bridgehead atoms. The maximum atomic E-state index is 6.28. The number of aromatic nitrogens is 1. The van der Waals surface area contributed by atoms with Gasteiger partial charge in [0.05, 0.1) is 0 Å². The minimum Gasteiger partial charge on any atom is -0.265 e. The van der Waals surface area contributed by atoms with E-state index >= 15 is 0 Å². The molecule has 2 nitrogen and oxygen atoms in total. The lowest BCUT2D eigenvalue weighted by Crippen LogP contribution is -2.13. The SMILES string of the molecule is C=CCC1C(c2cccnc2)=CN=C1CCc1c(Cl)cccc1Cl. The molecule has 0 radical (unpaired) electrons. The van der Waals surface area contributed by atoms with E-state index in [2.05, 4.69) is 22.6 Å². The standard InChI is InChI=1S/C20H18Cl2N2/c1-2-5-15-17(14-6-4-11-23-12-14)13-24-20(15)10-9-16-18(21)7-3-8-19(16)22/h2-4,6-8,11-13,15H,1,5,9-10H2. The monoisotopic (exact) mass is 356 g/mol. The minimum atomic E-state index is 0.243. The van der Waals surface area contributed by atoms with Crippen LogP contribution in [0.2, 0.25) is 10.0 Å². The van der Waals surface area contributed by atoms with Crippen molar-refractivity contribution in [2.24, 2.45) is 10.9 Å². The smallest absolute Gasteiger partial charge is 0.0452 e. The van der Waals surface area contributed by atoms with Crippen molar-refractivity contribution in [2.45, 2.75) is 19.3 Å². The van der Waals surface area contributed by atoms with E-state index in [1.165, 1.54) is 5.57 Å². The van der Waals surface area contributed by atoms with Crippen molar-refractivity contribution in [2.75, 3.05) is 0 Å². The van der Waals surface area contributed by atoms with Crippen molar-refractivity contribution in [3.63, 3.8) is 0 Å². The highest BCUT2D eigenvalue weighted by Gasteiger charge is 2.25. The van der Waals surface area contributed by atoms with Gasteiger partial charge in [0, 0.05) is 40.3 Å². The van der Waals surface area contributed by atoms with Crippen LogP contribution in [-0.2, 0) is 6.42 Å². The van der Waals surface area contributed by atoms with Crippen LogP contribution in [0, 0.1) is 5.92 Å². The van der Waals surface area contributed by atoms with Gasteiger partial charge in [-0.1, -0.05) is 41.4 Å². The largest absolute Gasteiger partial charge is 0.265 e. The zero-order valence-corrected chi connectivity index (χ0v) is 14.8. The van der Waals surface area contributed by atoms with Gasteiger partial charge < -0.3 is 0 Å². The van der Waals surface area contributed by atoms with Gasteiger partial charge in [-0.3, -0.25) is 9.98 Å². The molecule has 2 heterocycles. The van der Waals surface area contributed by atoms with Crippen LogP contribution in [0.1, 0.15) is 24.0 Å². The van der Waals surface area contributed by atoms with Gasteiger partial charge in [-0.15, -0.1) is 6.58 Å². The summed E-state index contributed by atoms with van der Waals surface area (Å²) in [4.78, 5) is 8.87. The van der Waals surface area contributed by atoms with Crippen molar-refractivity contribution in [1.29, 1.82) is 0 Å². The highest BCUT2D eigenvalue weighted by Crippen LogP contribution is 2.34. The van der Waals surface area contributed by atoms with Crippen molar-refractivity contribution in [1.82, 2.24) is 4.98 Å². The van der Waals surface area contributed by atoms with Crippen molar-refractivity contribution < 1.29 is 0 Å². The molecule has 24 heavy (non-hydrogen) atoms. The number of benzene rings is 1. The van der Waals surface area contributed by atoms with Gasteiger partial charge in [-0.25, -0.2) is 0 Å². The number of aliphatic imine (C=N–C) groups is 1. The second kappa shape index (κ2) is 7.78. The molecule has 1 aromatic carbocycles. The predicted octanol–water partition coefficient (Wildman–Crippen LogP) is 6.01. The van der Waals surface area contributed by atoms with Crippen LogP contribution in [0.25, 0.3) is 5.57 Å². The molecule has 122 valence electrons. The third-order valence-electron chi connectivity index (χ3n) is 4.24. The Kier molecular flexibility index (Phi) is 5.49. The van der Waals surface area contributed by atoms with Crippen molar-refractivity contribution >= 4 is 34.5 Å². The zero-order chi connectivity index (χ0) is 16.9. The van der Waals surface area contributed by atoms with E-state index in [0.29, 0.717) is 10.0 Å². The molecular formula is C20H18Cl2N2. The number of pyridine rings is 1. The lowest BCUT2D eigenvalue weighted by atomic mass is 9.87. The maximum Gasteiger partial charge on any atom is 0.0452 e. The van der Waals surface area contributed by atoms with E-state index < -0.39 is 0 Å². The van der Waals surface area contributed by atoms with E-state index in [-0.39, 0.29) is 5.92 Å². The molecule has 0 aliphatic carbocycles. The summed E-state index contributed by atoms with van der Waals surface area (Å²) in [6, 6.07) is 9.63. The molecule has 0 fully saturated rings. The van der Waals surface area contributed by atoms with Gasteiger partial charge in [-0.2, -0.15) is 0 Å². The first-order valence-electron chi connectivity index (χ1n) is 7.91. The summed E-state index contributed by atoms with van der Waals surface area (Å²) in [5, 5.41) is 1.42. The first-order chi connectivity index (χ1) is 11.7. The number of nitrogens with zero attached hydrogens (tertiary/aromatic N) is 2. The summed E-state index contributed by atoms with van der Waals surface area (Å²) in [6.07, 6.45) is 10.0. The summed E-state index contributed by atoms with van der Waals surface area (Å²) >= 11 is 12.6. The fraction of sp³-hybridized carbons (Fsp3) is 0.200. The predicted molar refractivity (Wildman–Crippen MR) is 103 cm³/mol. The summed E-state index contributed by atoms with van der Waals surface area (Å²) in [5.41, 5.74) is 4.43. The van der Waals surface area contributed by atoms with Gasteiger partial charge >= 0.3 is 0 Å². The molecule has 4 heteroatoms. The first-order valence-corrected chi connectivity index (χ1v) is 8.67. The number of allylic oxidation sites excluding steroid dienone is 2. The lowest BCUT2D eigenvalue weighted by Gasteiger charge is -2.16. The second-order valence-electron chi connectivity index (χ2n) is 5.72. The molecule has 0 N–H and O–H groups in total. The van der Waals surface area contributed by atoms with Crippen LogP contribution >= 0.6 is 23.2 Å². The van der Waals surface area contributed by atoms with E-state index in [0.717, 1.165) is 36.1 Å². The Bertz CT molecular complexity index is 774. The molecule has 0 saturated heterocycles. The average molecular weight is 357 g/mol. The van der Waals surface area contributed by atoms with Gasteiger partial charge in [0.25, 0.3) is 0 Å². The summed E-state index contributed by atoms with van der Waals surface area (Å²) in [7, 11) is 0. The van der Waals surface area contributed by atoms with Gasteiger partial charge in [0.2, 0.25) is 0 Å². The second-order valence-corrected chi connectivity index (χ2v) is 6.54. The third kappa shape index (κ3) is 3.61. The van der Waals surface area contributed by atoms with Crippen LogP contribution in [0.3, 0.4) is 0 Å². The topological polar surface area (TPSA) is 25.2 Å². The fourth-order valence-corrected chi connectivity index (χ4v) is 3.60. The Balaban J connectivity index is 1.76. The molecule has 0 spiro atoms. The average Bonchev–Trinajstić information content (AvgIpc) is 2.98. The molecule has 1 aliphatic rings. The molecule has 1 aromatic heterocycles. The van der Waals surface area contributed by atoms with Gasteiger partial charge in [-0.05, 0) is 54.2 Å². The number of rotatable bonds is 6. The lowest BCUT2D eigenvalue weighted by molar-refractivity contribution is 0.870. The molecule has 1 atom stereocenters. The molecule has 1 aliphatic heterocycles. The highest BCUT2D eigenvalue weighted by atomic mass is 35.5. The highest BCUT2D eigenvalue weighted by molar-refractivity contribution is 6.36. The molecule has 1 unspecified atom stereocenters. The fourth-order valence-electron chi connectivity index (χ4n) is 3.01. The number of halogens is 2. The summed E-state index contributed by atoms with van der Waals surface area (Å²) < 4.78 is 0. The van der Waals surface area contributed by atoms with E-state index in [1.807, 2.05) is 42.7 Å². The molecule has 3 rings (SSSR count). The minimum absolute atomic E-state index is 0.243.